The lowest BCUT2D eigenvalue weighted by molar-refractivity contribution is -0.0361. The second kappa shape index (κ2) is 5.51. The van der Waals surface area contributed by atoms with Gasteiger partial charge in [0.15, 0.2) is 5.82 Å². The first-order valence-electron chi connectivity index (χ1n) is 7.23. The second-order valence-electron chi connectivity index (χ2n) is 5.65. The lowest BCUT2D eigenvalue weighted by Crippen LogP contribution is -2.32. The highest BCUT2D eigenvalue weighted by molar-refractivity contribution is 5.44. The molecule has 2 aromatic heterocycles. The van der Waals surface area contributed by atoms with Crippen LogP contribution in [-0.4, -0.2) is 31.7 Å². The van der Waals surface area contributed by atoms with Crippen LogP contribution >= 0.6 is 0 Å². The van der Waals surface area contributed by atoms with Crippen molar-refractivity contribution in [2.24, 2.45) is 0 Å². The molecule has 0 bridgehead atoms. The van der Waals surface area contributed by atoms with E-state index < -0.39 is 5.92 Å². The van der Waals surface area contributed by atoms with E-state index in [9.17, 15) is 8.78 Å². The van der Waals surface area contributed by atoms with Crippen molar-refractivity contribution in [2.45, 2.75) is 44.6 Å². The third kappa shape index (κ3) is 3.32. The quantitative estimate of drug-likeness (QED) is 0.910. The van der Waals surface area contributed by atoms with Gasteiger partial charge >= 0.3 is 0 Å². The van der Waals surface area contributed by atoms with Crippen LogP contribution in [0.15, 0.2) is 18.3 Å². The molecule has 1 fully saturated rings. The van der Waals surface area contributed by atoms with E-state index in [-0.39, 0.29) is 18.9 Å². The molecule has 0 saturated heterocycles. The van der Waals surface area contributed by atoms with Gasteiger partial charge in [0.25, 0.3) is 0 Å². The molecule has 3 N–H and O–H groups in total. The molecule has 0 radical (unpaired) electrons. The summed E-state index contributed by atoms with van der Waals surface area (Å²) in [6.45, 7) is 1.88. The normalized spacial score (nSPS) is 18.3. The van der Waals surface area contributed by atoms with Crippen molar-refractivity contribution in [1.82, 2.24) is 19.7 Å². The zero-order valence-electron chi connectivity index (χ0n) is 12.3. The minimum absolute atomic E-state index is 0.0615. The van der Waals surface area contributed by atoms with E-state index in [1.54, 1.807) is 16.9 Å². The molecule has 1 aliphatic carbocycles. The Labute approximate surface area is 126 Å². The van der Waals surface area contributed by atoms with Gasteiger partial charge in [0.1, 0.15) is 5.82 Å². The predicted molar refractivity (Wildman–Crippen MR) is 79.1 cm³/mol. The van der Waals surface area contributed by atoms with E-state index in [1.807, 2.05) is 13.0 Å². The lowest BCUT2D eigenvalue weighted by atomic mass is 9.92. The Balaban J connectivity index is 1.76. The summed E-state index contributed by atoms with van der Waals surface area (Å²) in [7, 11) is 0. The number of aromatic nitrogens is 4. The van der Waals surface area contributed by atoms with E-state index in [2.05, 4.69) is 20.4 Å². The number of aryl methyl sites for hydroxylation is 1. The fourth-order valence-electron chi connectivity index (χ4n) is 2.54. The Morgan fingerprint density at radius 2 is 2.05 bits per heavy atom. The number of nitrogens with one attached hydrogen (secondary N) is 1. The third-order valence-corrected chi connectivity index (χ3v) is 3.74. The molecule has 22 heavy (non-hydrogen) atoms. The molecule has 0 amide bonds. The van der Waals surface area contributed by atoms with Crippen molar-refractivity contribution in [3.05, 3.63) is 24.0 Å². The Hall–Kier alpha value is -2.25. The summed E-state index contributed by atoms with van der Waals surface area (Å²) in [5.41, 5.74) is 6.66. The summed E-state index contributed by atoms with van der Waals surface area (Å²) in [4.78, 5) is 8.48. The number of anilines is 2. The van der Waals surface area contributed by atoms with Crippen LogP contribution in [-0.2, 0) is 0 Å². The molecule has 6 nitrogen and oxygen atoms in total. The molecule has 1 aliphatic rings. The van der Waals surface area contributed by atoms with Gasteiger partial charge in [0.2, 0.25) is 11.9 Å². The van der Waals surface area contributed by atoms with Crippen LogP contribution < -0.4 is 11.1 Å². The van der Waals surface area contributed by atoms with Crippen LogP contribution in [0.1, 0.15) is 31.4 Å². The maximum absolute atomic E-state index is 13.2. The van der Waals surface area contributed by atoms with Crippen LogP contribution in [0.25, 0.3) is 5.82 Å². The van der Waals surface area contributed by atoms with Crippen LogP contribution in [0.2, 0.25) is 0 Å². The maximum Gasteiger partial charge on any atom is 0.248 e. The third-order valence-electron chi connectivity index (χ3n) is 3.74. The molecule has 2 heterocycles. The largest absolute Gasteiger partial charge is 0.383 e. The zero-order valence-corrected chi connectivity index (χ0v) is 12.3. The number of nitrogens with zero attached hydrogens (tertiary/aromatic N) is 4. The fourth-order valence-corrected chi connectivity index (χ4v) is 2.54. The molecule has 1 saturated carbocycles. The second-order valence-corrected chi connectivity index (χ2v) is 5.65. The Morgan fingerprint density at radius 1 is 1.32 bits per heavy atom. The van der Waals surface area contributed by atoms with Gasteiger partial charge in [-0.15, -0.1) is 0 Å². The van der Waals surface area contributed by atoms with E-state index in [0.717, 1.165) is 5.69 Å². The molecule has 0 unspecified atom stereocenters. The van der Waals surface area contributed by atoms with Gasteiger partial charge in [-0.25, -0.2) is 13.5 Å². The van der Waals surface area contributed by atoms with Crippen molar-refractivity contribution in [1.29, 1.82) is 0 Å². The van der Waals surface area contributed by atoms with Crippen molar-refractivity contribution < 1.29 is 8.78 Å². The molecule has 8 heteroatoms. The summed E-state index contributed by atoms with van der Waals surface area (Å²) in [5.74, 6) is -1.35. The van der Waals surface area contributed by atoms with Gasteiger partial charge in [-0.2, -0.15) is 15.1 Å². The van der Waals surface area contributed by atoms with Gasteiger partial charge in [-0.1, -0.05) is 0 Å². The van der Waals surface area contributed by atoms with Crippen LogP contribution in [0.4, 0.5) is 20.5 Å². The highest BCUT2D eigenvalue weighted by Crippen LogP contribution is 2.34. The Morgan fingerprint density at radius 3 is 2.68 bits per heavy atom. The number of nitrogens with two attached hydrogens (primary N) is 1. The summed E-state index contributed by atoms with van der Waals surface area (Å²) in [5, 5.41) is 7.37. The minimum Gasteiger partial charge on any atom is -0.383 e. The number of rotatable bonds is 3. The van der Waals surface area contributed by atoms with Gasteiger partial charge in [-0.05, 0) is 25.8 Å². The van der Waals surface area contributed by atoms with Gasteiger partial charge in [0.05, 0.1) is 5.69 Å². The van der Waals surface area contributed by atoms with Crippen LogP contribution in [0.5, 0.6) is 0 Å². The van der Waals surface area contributed by atoms with E-state index in [1.165, 1.54) is 0 Å². The Bertz CT molecular complexity index is 659. The summed E-state index contributed by atoms with van der Waals surface area (Å²) in [6.07, 6.45) is 2.33. The fraction of sp³-hybridized carbons (Fsp3) is 0.500. The first kappa shape index (κ1) is 14.7. The topological polar surface area (TPSA) is 81.7 Å². The molecule has 0 spiro atoms. The van der Waals surface area contributed by atoms with Crippen LogP contribution in [0, 0.1) is 6.92 Å². The molecular weight excluding hydrogens is 290 g/mol. The lowest BCUT2D eigenvalue weighted by Gasteiger charge is -2.28. The SMILES string of the molecule is Cc1ccn(-c2cc(N)nc(NC3CCC(F)(F)CC3)n2)n1. The zero-order chi connectivity index (χ0) is 15.7. The maximum atomic E-state index is 13.2. The van der Waals surface area contributed by atoms with E-state index in [0.29, 0.717) is 30.4 Å². The first-order valence-corrected chi connectivity index (χ1v) is 7.23. The number of alkyl halides is 2. The molecule has 0 aliphatic heterocycles. The molecule has 118 valence electrons. The highest BCUT2D eigenvalue weighted by atomic mass is 19.3. The highest BCUT2D eigenvalue weighted by Gasteiger charge is 2.35. The Kier molecular flexibility index (Phi) is 3.67. The number of nitrogen functional groups attached to an aromatic ring is 1. The molecule has 0 atom stereocenters. The van der Waals surface area contributed by atoms with Crippen molar-refractivity contribution in [3.8, 4) is 5.82 Å². The van der Waals surface area contributed by atoms with Gasteiger partial charge < -0.3 is 11.1 Å². The molecule has 0 aromatic carbocycles. The van der Waals surface area contributed by atoms with Crippen molar-refractivity contribution in [2.75, 3.05) is 11.1 Å². The number of hydrogen-bond acceptors (Lipinski definition) is 5. The van der Waals surface area contributed by atoms with Crippen LogP contribution in [0.3, 0.4) is 0 Å². The standard InChI is InChI=1S/C14H18F2N6/c1-9-4-7-22(21-9)12-8-11(17)19-13(20-12)18-10-2-5-14(15,16)6-3-10/h4,7-8,10H,2-3,5-6H2,1H3,(H3,17,18,19,20). The monoisotopic (exact) mass is 308 g/mol. The average Bonchev–Trinajstić information content (AvgIpc) is 2.87. The molecule has 3 rings (SSSR count). The van der Waals surface area contributed by atoms with Crippen molar-refractivity contribution in [3.63, 3.8) is 0 Å². The van der Waals surface area contributed by atoms with Gasteiger partial charge in [0, 0.05) is 31.1 Å². The predicted octanol–water partition coefficient (Wildman–Crippen LogP) is 2.54. The van der Waals surface area contributed by atoms with Crippen molar-refractivity contribution >= 4 is 11.8 Å². The number of halogens is 2. The molecular formula is C14H18F2N6. The minimum atomic E-state index is -2.55. The van der Waals surface area contributed by atoms with Gasteiger partial charge in [-0.3, -0.25) is 0 Å². The molecule has 2 aromatic rings. The average molecular weight is 308 g/mol. The van der Waals surface area contributed by atoms with E-state index >= 15 is 0 Å². The van der Waals surface area contributed by atoms with E-state index in [4.69, 9.17) is 5.73 Å². The smallest absolute Gasteiger partial charge is 0.248 e. The summed E-state index contributed by atoms with van der Waals surface area (Å²) in [6, 6.07) is 3.41. The number of hydrogen-bond donors (Lipinski definition) is 2. The first-order chi connectivity index (χ1) is 10.4. The summed E-state index contributed by atoms with van der Waals surface area (Å²) >= 11 is 0. The summed E-state index contributed by atoms with van der Waals surface area (Å²) < 4.78 is 28.0.